The van der Waals surface area contributed by atoms with Gasteiger partial charge in [0, 0.05) is 42.5 Å². The number of benzene rings is 3. The highest BCUT2D eigenvalue weighted by atomic mass is 35.5. The van der Waals surface area contributed by atoms with Crippen molar-refractivity contribution in [2.24, 2.45) is 0 Å². The Hall–Kier alpha value is -2.82. The Kier molecular flexibility index (Phi) is 6.36. The fraction of sp³-hybridized carbons (Fsp3) is 0.240. The van der Waals surface area contributed by atoms with Gasteiger partial charge in [0.1, 0.15) is 5.75 Å². The van der Waals surface area contributed by atoms with Gasteiger partial charge in [-0.05, 0) is 48.0 Å². The van der Waals surface area contributed by atoms with Crippen molar-refractivity contribution in [1.82, 2.24) is 4.90 Å². The molecule has 4 rings (SSSR count). The second-order valence-electron chi connectivity index (χ2n) is 7.41. The molecule has 1 heterocycles. The number of nitrogens with zero attached hydrogens (tertiary/aromatic N) is 2. The summed E-state index contributed by atoms with van der Waals surface area (Å²) in [7, 11) is 1.63. The molecule has 0 aromatic heterocycles. The van der Waals surface area contributed by atoms with E-state index in [1.807, 2.05) is 72.8 Å². The molecule has 0 aliphatic carbocycles. The van der Waals surface area contributed by atoms with Gasteiger partial charge in [0.05, 0.1) is 13.2 Å². The minimum Gasteiger partial charge on any atom is -0.497 e. The van der Waals surface area contributed by atoms with E-state index in [1.165, 1.54) is 0 Å². The number of carbonyl (C=O) groups is 1. The van der Waals surface area contributed by atoms with E-state index in [-0.39, 0.29) is 11.8 Å². The minimum atomic E-state index is -0.305. The van der Waals surface area contributed by atoms with Crippen LogP contribution in [0, 0.1) is 0 Å². The number of rotatable bonds is 6. The van der Waals surface area contributed by atoms with Gasteiger partial charge in [-0.2, -0.15) is 0 Å². The Labute approximate surface area is 182 Å². The molecule has 4 nitrogen and oxygen atoms in total. The number of hydrogen-bond donors (Lipinski definition) is 0. The average Bonchev–Trinajstić information content (AvgIpc) is 2.80. The first-order valence-electron chi connectivity index (χ1n) is 10.1. The van der Waals surface area contributed by atoms with Crippen molar-refractivity contribution < 1.29 is 9.53 Å². The van der Waals surface area contributed by atoms with Gasteiger partial charge in [0.15, 0.2) is 5.78 Å². The van der Waals surface area contributed by atoms with Crippen molar-refractivity contribution in [3.8, 4) is 5.75 Å². The van der Waals surface area contributed by atoms with E-state index >= 15 is 0 Å². The van der Waals surface area contributed by atoms with Crippen LogP contribution in [-0.4, -0.2) is 44.0 Å². The number of ether oxygens (including phenoxy) is 1. The Bertz CT molecular complexity index is 984. The molecular weight excluding hydrogens is 396 g/mol. The lowest BCUT2D eigenvalue weighted by Crippen LogP contribution is -2.49. The van der Waals surface area contributed by atoms with Crippen LogP contribution in [0.5, 0.6) is 5.75 Å². The number of carbonyl (C=O) groups excluding carboxylic acids is 1. The number of methoxy groups -OCH3 is 1. The van der Waals surface area contributed by atoms with Crippen molar-refractivity contribution in [1.29, 1.82) is 0 Å². The predicted octanol–water partition coefficient (Wildman–Crippen LogP) is 5.09. The third-order valence-corrected chi connectivity index (χ3v) is 5.83. The van der Waals surface area contributed by atoms with Gasteiger partial charge in [0.2, 0.25) is 0 Å². The summed E-state index contributed by atoms with van der Waals surface area (Å²) in [6.07, 6.45) is 0. The Morgan fingerprint density at radius 3 is 2.23 bits per heavy atom. The van der Waals surface area contributed by atoms with Crippen LogP contribution in [0.4, 0.5) is 5.69 Å². The summed E-state index contributed by atoms with van der Waals surface area (Å²) in [4.78, 5) is 18.1. The van der Waals surface area contributed by atoms with Gasteiger partial charge >= 0.3 is 0 Å². The minimum absolute atomic E-state index is 0.111. The number of Topliss-reactive ketones (excluding diaryl/α,β-unsaturated/α-hetero) is 1. The molecular formula is C25H25ClN2O2. The zero-order valence-corrected chi connectivity index (χ0v) is 17.8. The summed E-state index contributed by atoms with van der Waals surface area (Å²) in [6.45, 7) is 3.29. The largest absolute Gasteiger partial charge is 0.497 e. The van der Waals surface area contributed by atoms with Crippen LogP contribution in [0.3, 0.4) is 0 Å². The van der Waals surface area contributed by atoms with E-state index < -0.39 is 0 Å². The van der Waals surface area contributed by atoms with Crippen molar-refractivity contribution in [2.75, 3.05) is 38.2 Å². The summed E-state index contributed by atoms with van der Waals surface area (Å²) < 4.78 is 5.24. The molecule has 1 aliphatic heterocycles. The molecule has 0 radical (unpaired) electrons. The topological polar surface area (TPSA) is 32.8 Å². The predicted molar refractivity (Wildman–Crippen MR) is 122 cm³/mol. The standard InChI is InChI=1S/C25H25ClN2O2/c1-30-23-12-10-20(11-13-23)25(29)24(19-6-3-2-4-7-19)28-16-14-27(15-17-28)22-9-5-8-21(26)18-22/h2-13,18,24H,14-17H2,1H3. The third-order valence-electron chi connectivity index (χ3n) is 5.59. The van der Waals surface area contributed by atoms with E-state index in [4.69, 9.17) is 16.3 Å². The molecule has 154 valence electrons. The molecule has 30 heavy (non-hydrogen) atoms. The maximum Gasteiger partial charge on any atom is 0.184 e. The van der Waals surface area contributed by atoms with Gasteiger partial charge in [0.25, 0.3) is 0 Å². The van der Waals surface area contributed by atoms with Crippen LogP contribution in [-0.2, 0) is 0 Å². The SMILES string of the molecule is COc1ccc(C(=O)C(c2ccccc2)N2CCN(c3cccc(Cl)c3)CC2)cc1. The number of piperazine rings is 1. The summed E-state index contributed by atoms with van der Waals surface area (Å²) in [5.74, 6) is 0.859. The summed E-state index contributed by atoms with van der Waals surface area (Å²) in [5.41, 5.74) is 2.84. The highest BCUT2D eigenvalue weighted by Gasteiger charge is 2.31. The smallest absolute Gasteiger partial charge is 0.184 e. The van der Waals surface area contributed by atoms with Gasteiger partial charge in [-0.3, -0.25) is 9.69 Å². The highest BCUT2D eigenvalue weighted by molar-refractivity contribution is 6.30. The first-order chi connectivity index (χ1) is 14.7. The average molecular weight is 421 g/mol. The van der Waals surface area contributed by atoms with Crippen molar-refractivity contribution in [3.05, 3.63) is 95.0 Å². The van der Waals surface area contributed by atoms with Gasteiger partial charge in [-0.25, -0.2) is 0 Å². The summed E-state index contributed by atoms with van der Waals surface area (Å²) in [5, 5.41) is 0.742. The lowest BCUT2D eigenvalue weighted by Gasteiger charge is -2.40. The van der Waals surface area contributed by atoms with E-state index in [1.54, 1.807) is 7.11 Å². The van der Waals surface area contributed by atoms with Crippen LogP contribution in [0.1, 0.15) is 22.0 Å². The summed E-state index contributed by atoms with van der Waals surface area (Å²) >= 11 is 6.16. The second kappa shape index (κ2) is 9.33. The van der Waals surface area contributed by atoms with Gasteiger partial charge in [-0.1, -0.05) is 48.0 Å². The molecule has 1 aliphatic rings. The second-order valence-corrected chi connectivity index (χ2v) is 7.85. The van der Waals surface area contributed by atoms with Crippen LogP contribution < -0.4 is 9.64 Å². The molecule has 0 saturated carbocycles. The zero-order valence-electron chi connectivity index (χ0n) is 17.0. The fourth-order valence-electron chi connectivity index (χ4n) is 3.99. The number of ketones is 1. The maximum atomic E-state index is 13.5. The first kappa shape index (κ1) is 20.5. The normalized spacial score (nSPS) is 15.6. The molecule has 5 heteroatoms. The Morgan fingerprint density at radius 2 is 1.60 bits per heavy atom. The number of hydrogen-bond acceptors (Lipinski definition) is 4. The van der Waals surface area contributed by atoms with E-state index in [0.29, 0.717) is 5.56 Å². The van der Waals surface area contributed by atoms with Crippen molar-refractivity contribution in [3.63, 3.8) is 0 Å². The van der Waals surface area contributed by atoms with Crippen LogP contribution >= 0.6 is 11.6 Å². The van der Waals surface area contributed by atoms with Crippen molar-refractivity contribution in [2.45, 2.75) is 6.04 Å². The maximum absolute atomic E-state index is 13.5. The lowest BCUT2D eigenvalue weighted by atomic mass is 9.95. The van der Waals surface area contributed by atoms with Crippen LogP contribution in [0.25, 0.3) is 0 Å². The molecule has 0 spiro atoms. The number of halogens is 1. The molecule has 0 bridgehead atoms. The molecule has 1 unspecified atom stereocenters. The Morgan fingerprint density at radius 1 is 0.900 bits per heavy atom. The summed E-state index contributed by atoms with van der Waals surface area (Å²) in [6, 6.07) is 25.0. The first-order valence-corrected chi connectivity index (χ1v) is 10.5. The van der Waals surface area contributed by atoms with Crippen molar-refractivity contribution >= 4 is 23.1 Å². The quantitative estimate of drug-likeness (QED) is 0.520. The molecule has 0 amide bonds. The van der Waals surface area contributed by atoms with E-state index in [2.05, 4.69) is 15.9 Å². The Balaban J connectivity index is 1.55. The monoisotopic (exact) mass is 420 g/mol. The zero-order chi connectivity index (χ0) is 20.9. The highest BCUT2D eigenvalue weighted by Crippen LogP contribution is 2.29. The molecule has 1 fully saturated rings. The van der Waals surface area contributed by atoms with Crippen LogP contribution in [0.15, 0.2) is 78.9 Å². The van der Waals surface area contributed by atoms with Gasteiger partial charge in [-0.15, -0.1) is 0 Å². The third kappa shape index (κ3) is 4.50. The lowest BCUT2D eigenvalue weighted by molar-refractivity contribution is 0.0806. The molecule has 0 N–H and O–H groups in total. The van der Waals surface area contributed by atoms with E-state index in [0.717, 1.165) is 48.2 Å². The molecule has 3 aromatic carbocycles. The number of anilines is 1. The molecule has 1 atom stereocenters. The fourth-order valence-corrected chi connectivity index (χ4v) is 4.17. The van der Waals surface area contributed by atoms with Crippen LogP contribution in [0.2, 0.25) is 5.02 Å². The molecule has 1 saturated heterocycles. The molecule has 3 aromatic rings. The van der Waals surface area contributed by atoms with E-state index in [9.17, 15) is 4.79 Å². The van der Waals surface area contributed by atoms with Gasteiger partial charge < -0.3 is 9.64 Å².